The lowest BCUT2D eigenvalue weighted by Crippen LogP contribution is -2.58. The molecule has 27 heavy (non-hydrogen) atoms. The van der Waals surface area contributed by atoms with Gasteiger partial charge in [0.25, 0.3) is 5.91 Å². The van der Waals surface area contributed by atoms with Crippen LogP contribution in [-0.2, 0) is 12.8 Å². The van der Waals surface area contributed by atoms with E-state index >= 15 is 0 Å². The third-order valence-electron chi connectivity index (χ3n) is 6.80. The molecule has 5 nitrogen and oxygen atoms in total. The molecule has 2 fully saturated rings. The highest BCUT2D eigenvalue weighted by Crippen LogP contribution is 2.48. The van der Waals surface area contributed by atoms with Crippen LogP contribution >= 0.6 is 0 Å². The Hall–Kier alpha value is -2.04. The van der Waals surface area contributed by atoms with Gasteiger partial charge in [0.1, 0.15) is 5.76 Å². The summed E-state index contributed by atoms with van der Waals surface area (Å²) in [6.07, 6.45) is 11.2. The molecule has 0 radical (unpaired) electrons. The molecule has 0 saturated heterocycles. The van der Waals surface area contributed by atoms with Crippen molar-refractivity contribution in [3.63, 3.8) is 0 Å². The Morgan fingerprint density at radius 2 is 2.07 bits per heavy atom. The Morgan fingerprint density at radius 3 is 2.78 bits per heavy atom. The number of amides is 1. The fourth-order valence-corrected chi connectivity index (χ4v) is 4.72. The van der Waals surface area contributed by atoms with Gasteiger partial charge in [-0.1, -0.05) is 51.1 Å². The van der Waals surface area contributed by atoms with E-state index in [1.165, 1.54) is 38.4 Å². The minimum atomic E-state index is -0.132. The lowest BCUT2D eigenvalue weighted by Gasteiger charge is -2.52. The van der Waals surface area contributed by atoms with Crippen LogP contribution in [0.25, 0.3) is 0 Å². The number of hydrogen-bond donors (Lipinski definition) is 1. The predicted octanol–water partition coefficient (Wildman–Crippen LogP) is 4.78. The van der Waals surface area contributed by atoms with Crippen molar-refractivity contribution in [2.45, 2.75) is 71.3 Å². The van der Waals surface area contributed by atoms with Crippen molar-refractivity contribution in [2.24, 2.45) is 17.3 Å². The van der Waals surface area contributed by atoms with Crippen LogP contribution in [0, 0.1) is 17.3 Å². The molecule has 2 aromatic heterocycles. The van der Waals surface area contributed by atoms with E-state index in [1.54, 1.807) is 12.1 Å². The zero-order valence-corrected chi connectivity index (χ0v) is 16.4. The van der Waals surface area contributed by atoms with Crippen molar-refractivity contribution in [3.05, 3.63) is 41.7 Å². The Morgan fingerprint density at radius 1 is 1.26 bits per heavy atom. The average Bonchev–Trinajstić information content (AvgIpc) is 3.34. The molecule has 2 heterocycles. The smallest absolute Gasteiger partial charge is 0.287 e. The molecule has 2 aliphatic rings. The first kappa shape index (κ1) is 18.3. The topological polar surface area (TPSA) is 68.3 Å². The van der Waals surface area contributed by atoms with Crippen molar-refractivity contribution < 1.29 is 13.7 Å². The van der Waals surface area contributed by atoms with Crippen LogP contribution in [-0.4, -0.2) is 17.1 Å². The van der Waals surface area contributed by atoms with Crippen LogP contribution in [0.3, 0.4) is 0 Å². The lowest BCUT2D eigenvalue weighted by molar-refractivity contribution is 0.0131. The number of aromatic nitrogens is 1. The van der Waals surface area contributed by atoms with Crippen molar-refractivity contribution in [1.29, 1.82) is 0 Å². The second-order valence-electron chi connectivity index (χ2n) is 8.95. The van der Waals surface area contributed by atoms with Crippen LogP contribution in [0.2, 0.25) is 0 Å². The van der Waals surface area contributed by atoms with Crippen molar-refractivity contribution in [2.75, 3.05) is 0 Å². The van der Waals surface area contributed by atoms with Gasteiger partial charge in [-0.25, -0.2) is 0 Å². The number of hydrogen-bond acceptors (Lipinski definition) is 4. The summed E-state index contributed by atoms with van der Waals surface area (Å²) < 4.78 is 10.8. The fraction of sp³-hybridized carbons (Fsp3) is 0.636. The zero-order chi connectivity index (χ0) is 18.9. The molecule has 0 aliphatic heterocycles. The van der Waals surface area contributed by atoms with E-state index < -0.39 is 0 Å². The first-order valence-electron chi connectivity index (χ1n) is 10.3. The summed E-state index contributed by atoms with van der Waals surface area (Å²) in [7, 11) is 0. The SMILES string of the molecule is CC1(C)C(Cc2cc(CC3CCCCC3)on2)CC1NC(=O)c1ccco1. The van der Waals surface area contributed by atoms with Gasteiger partial charge in [-0.2, -0.15) is 0 Å². The molecule has 2 saturated carbocycles. The Balaban J connectivity index is 1.29. The molecule has 0 aromatic carbocycles. The quantitative estimate of drug-likeness (QED) is 0.795. The van der Waals surface area contributed by atoms with Gasteiger partial charge < -0.3 is 14.3 Å². The van der Waals surface area contributed by atoms with Gasteiger partial charge in [0.05, 0.1) is 12.0 Å². The van der Waals surface area contributed by atoms with Gasteiger partial charge in [0, 0.05) is 18.5 Å². The third kappa shape index (κ3) is 3.97. The highest BCUT2D eigenvalue weighted by molar-refractivity contribution is 5.91. The molecule has 146 valence electrons. The van der Waals surface area contributed by atoms with E-state index in [1.807, 2.05) is 0 Å². The maximum absolute atomic E-state index is 12.2. The summed E-state index contributed by atoms with van der Waals surface area (Å²) in [5.74, 6) is 2.54. The standard InChI is InChI=1S/C22H30N2O3/c1-22(2)16(13-20(22)23-21(25)19-9-6-10-26-19)12-17-14-18(27-24-17)11-15-7-4-3-5-8-15/h6,9-10,14-16,20H,3-5,7-8,11-13H2,1-2H3,(H,23,25). The van der Waals surface area contributed by atoms with Crippen LogP contribution in [0.5, 0.6) is 0 Å². The molecule has 2 aromatic rings. The van der Waals surface area contributed by atoms with E-state index in [4.69, 9.17) is 8.94 Å². The maximum Gasteiger partial charge on any atom is 0.287 e. The summed E-state index contributed by atoms with van der Waals surface area (Å²) in [4.78, 5) is 12.2. The van der Waals surface area contributed by atoms with Crippen LogP contribution in [0.15, 0.2) is 33.4 Å². The summed E-state index contributed by atoms with van der Waals surface area (Å²) in [6.45, 7) is 4.44. The molecule has 1 N–H and O–H groups in total. The van der Waals surface area contributed by atoms with E-state index in [2.05, 4.69) is 30.4 Å². The number of furan rings is 1. The highest BCUT2D eigenvalue weighted by atomic mass is 16.5. The Labute approximate surface area is 160 Å². The normalized spacial score (nSPS) is 25.1. The predicted molar refractivity (Wildman–Crippen MR) is 102 cm³/mol. The zero-order valence-electron chi connectivity index (χ0n) is 16.4. The molecule has 1 amide bonds. The Kier molecular flexibility index (Phi) is 5.11. The summed E-state index contributed by atoms with van der Waals surface area (Å²) in [5, 5.41) is 7.43. The number of nitrogens with one attached hydrogen (secondary N) is 1. The lowest BCUT2D eigenvalue weighted by atomic mass is 9.57. The molecule has 2 aliphatic carbocycles. The second kappa shape index (κ2) is 7.53. The van der Waals surface area contributed by atoms with Gasteiger partial charge >= 0.3 is 0 Å². The molecule has 4 rings (SSSR count). The fourth-order valence-electron chi connectivity index (χ4n) is 4.72. The molecule has 2 atom stereocenters. The first-order chi connectivity index (χ1) is 13.0. The highest BCUT2D eigenvalue weighted by Gasteiger charge is 2.48. The van der Waals surface area contributed by atoms with Crippen molar-refractivity contribution >= 4 is 5.91 Å². The van der Waals surface area contributed by atoms with Crippen molar-refractivity contribution in [3.8, 4) is 0 Å². The van der Waals surface area contributed by atoms with E-state index in [0.29, 0.717) is 11.7 Å². The molecular weight excluding hydrogens is 340 g/mol. The largest absolute Gasteiger partial charge is 0.459 e. The molecular formula is C22H30N2O3. The van der Waals surface area contributed by atoms with E-state index in [-0.39, 0.29) is 17.4 Å². The van der Waals surface area contributed by atoms with E-state index in [0.717, 1.165) is 36.6 Å². The van der Waals surface area contributed by atoms with Gasteiger partial charge in [-0.05, 0) is 42.2 Å². The number of rotatable bonds is 6. The number of carbonyl (C=O) groups excluding carboxylic acids is 1. The third-order valence-corrected chi connectivity index (χ3v) is 6.80. The van der Waals surface area contributed by atoms with Gasteiger partial charge in [-0.15, -0.1) is 0 Å². The van der Waals surface area contributed by atoms with Gasteiger partial charge in [0.15, 0.2) is 5.76 Å². The summed E-state index contributed by atoms with van der Waals surface area (Å²) in [5.41, 5.74) is 1.08. The minimum absolute atomic E-state index is 0.0325. The van der Waals surface area contributed by atoms with E-state index in [9.17, 15) is 4.79 Å². The van der Waals surface area contributed by atoms with Crippen LogP contribution < -0.4 is 5.32 Å². The monoisotopic (exact) mass is 370 g/mol. The molecule has 0 spiro atoms. The summed E-state index contributed by atoms with van der Waals surface area (Å²) >= 11 is 0. The van der Waals surface area contributed by atoms with Crippen LogP contribution in [0.1, 0.15) is 74.4 Å². The van der Waals surface area contributed by atoms with Gasteiger partial charge in [-0.3, -0.25) is 4.79 Å². The molecule has 5 heteroatoms. The minimum Gasteiger partial charge on any atom is -0.459 e. The Bertz CT molecular complexity index is 756. The number of nitrogens with zero attached hydrogens (tertiary/aromatic N) is 1. The maximum atomic E-state index is 12.2. The molecule has 2 unspecified atom stereocenters. The molecule has 0 bridgehead atoms. The second-order valence-corrected chi connectivity index (χ2v) is 8.95. The number of carbonyl (C=O) groups is 1. The van der Waals surface area contributed by atoms with Gasteiger partial charge in [0.2, 0.25) is 0 Å². The summed E-state index contributed by atoms with van der Waals surface area (Å²) in [6, 6.07) is 5.74. The average molecular weight is 370 g/mol. The van der Waals surface area contributed by atoms with Crippen LogP contribution in [0.4, 0.5) is 0 Å². The first-order valence-corrected chi connectivity index (χ1v) is 10.3. The van der Waals surface area contributed by atoms with Crippen molar-refractivity contribution in [1.82, 2.24) is 10.5 Å².